The van der Waals surface area contributed by atoms with Crippen LogP contribution < -0.4 is 10.1 Å². The highest BCUT2D eigenvalue weighted by Gasteiger charge is 2.19. The normalized spacial score (nSPS) is 12.4. The fourth-order valence-electron chi connectivity index (χ4n) is 2.19. The minimum absolute atomic E-state index is 0.0769. The van der Waals surface area contributed by atoms with Crippen LogP contribution in [-0.2, 0) is 7.05 Å². The lowest BCUT2D eigenvalue weighted by Crippen LogP contribution is -2.21. The highest BCUT2D eigenvalue weighted by Crippen LogP contribution is 2.30. The zero-order valence-corrected chi connectivity index (χ0v) is 11.3. The minimum atomic E-state index is 0.0769. The van der Waals surface area contributed by atoms with Crippen LogP contribution in [0.25, 0.3) is 0 Å². The Hall–Kier alpha value is -1.81. The van der Waals surface area contributed by atoms with Crippen molar-refractivity contribution in [3.8, 4) is 5.75 Å². The first-order valence-electron chi connectivity index (χ1n) is 5.97. The molecule has 18 heavy (non-hydrogen) atoms. The van der Waals surface area contributed by atoms with Crippen LogP contribution in [0, 0.1) is 6.92 Å². The summed E-state index contributed by atoms with van der Waals surface area (Å²) in [6.07, 6.45) is 1.81. The van der Waals surface area contributed by atoms with Gasteiger partial charge in [0.25, 0.3) is 0 Å². The summed E-state index contributed by atoms with van der Waals surface area (Å²) in [5.74, 6) is 0.899. The van der Waals surface area contributed by atoms with Gasteiger partial charge in [0.05, 0.1) is 18.8 Å². The van der Waals surface area contributed by atoms with Crippen molar-refractivity contribution >= 4 is 0 Å². The van der Waals surface area contributed by atoms with Crippen LogP contribution in [0.3, 0.4) is 0 Å². The molecule has 0 saturated heterocycles. The molecule has 1 heterocycles. The first kappa shape index (κ1) is 12.6. The van der Waals surface area contributed by atoms with E-state index in [2.05, 4.69) is 35.5 Å². The van der Waals surface area contributed by atoms with Gasteiger partial charge in [-0.1, -0.05) is 12.1 Å². The van der Waals surface area contributed by atoms with Gasteiger partial charge in [-0.2, -0.15) is 5.10 Å². The molecular weight excluding hydrogens is 226 g/mol. The molecule has 1 N–H and O–H groups in total. The zero-order chi connectivity index (χ0) is 13.1. The first-order valence-corrected chi connectivity index (χ1v) is 5.97. The summed E-state index contributed by atoms with van der Waals surface area (Å²) >= 11 is 0. The van der Waals surface area contributed by atoms with E-state index in [1.807, 2.05) is 24.8 Å². The second-order valence-corrected chi connectivity index (χ2v) is 4.35. The number of nitrogens with zero attached hydrogens (tertiary/aromatic N) is 2. The van der Waals surface area contributed by atoms with E-state index in [1.165, 1.54) is 5.56 Å². The Kier molecular flexibility index (Phi) is 3.67. The fourth-order valence-corrected chi connectivity index (χ4v) is 2.19. The number of aromatic nitrogens is 2. The Balaban J connectivity index is 2.48. The molecule has 1 aromatic carbocycles. The van der Waals surface area contributed by atoms with Crippen molar-refractivity contribution in [3.63, 3.8) is 0 Å². The Morgan fingerprint density at radius 1 is 1.33 bits per heavy atom. The summed E-state index contributed by atoms with van der Waals surface area (Å²) in [6, 6.07) is 8.34. The van der Waals surface area contributed by atoms with Gasteiger partial charge < -0.3 is 10.1 Å². The number of methoxy groups -OCH3 is 1. The van der Waals surface area contributed by atoms with E-state index in [9.17, 15) is 0 Å². The maximum Gasteiger partial charge on any atom is 0.124 e. The van der Waals surface area contributed by atoms with E-state index >= 15 is 0 Å². The van der Waals surface area contributed by atoms with E-state index in [1.54, 1.807) is 13.3 Å². The minimum Gasteiger partial charge on any atom is -0.496 e. The Bertz CT molecular complexity index is 534. The van der Waals surface area contributed by atoms with Crippen molar-refractivity contribution in [3.05, 3.63) is 47.3 Å². The quantitative estimate of drug-likeness (QED) is 0.896. The summed E-state index contributed by atoms with van der Waals surface area (Å²) in [7, 11) is 5.59. The second-order valence-electron chi connectivity index (χ2n) is 4.35. The van der Waals surface area contributed by atoms with Crippen LogP contribution in [0.1, 0.15) is 22.9 Å². The molecule has 0 radical (unpaired) electrons. The van der Waals surface area contributed by atoms with Crippen LogP contribution in [0.4, 0.5) is 0 Å². The van der Waals surface area contributed by atoms with Gasteiger partial charge in [0.1, 0.15) is 5.75 Å². The summed E-state index contributed by atoms with van der Waals surface area (Å²) < 4.78 is 7.35. The number of hydrogen-bond donors (Lipinski definition) is 1. The number of hydrogen-bond acceptors (Lipinski definition) is 3. The van der Waals surface area contributed by atoms with Crippen molar-refractivity contribution in [2.24, 2.45) is 7.05 Å². The Morgan fingerprint density at radius 3 is 2.67 bits per heavy atom. The van der Waals surface area contributed by atoms with Gasteiger partial charge in [-0.15, -0.1) is 0 Å². The van der Waals surface area contributed by atoms with Crippen molar-refractivity contribution in [1.82, 2.24) is 15.1 Å². The van der Waals surface area contributed by atoms with Crippen LogP contribution in [0.15, 0.2) is 30.5 Å². The number of ether oxygens (including phenoxy) is 1. The van der Waals surface area contributed by atoms with E-state index < -0.39 is 0 Å². The predicted octanol–water partition coefficient (Wildman–Crippen LogP) is 2.05. The maximum atomic E-state index is 5.48. The zero-order valence-electron chi connectivity index (χ0n) is 11.3. The average molecular weight is 245 g/mol. The molecule has 2 rings (SSSR count). The predicted molar refractivity (Wildman–Crippen MR) is 71.8 cm³/mol. The standard InChI is InChI=1S/C14H19N3O/c1-10-5-6-11(13(9-10)18-4)14(15-2)12-7-8-16-17(12)3/h5-9,14-15H,1-4H3. The summed E-state index contributed by atoms with van der Waals surface area (Å²) in [6.45, 7) is 2.06. The smallest absolute Gasteiger partial charge is 0.124 e. The molecule has 1 atom stereocenters. The molecule has 0 aliphatic rings. The monoisotopic (exact) mass is 245 g/mol. The van der Waals surface area contributed by atoms with Crippen LogP contribution in [0.2, 0.25) is 0 Å². The largest absolute Gasteiger partial charge is 0.496 e. The van der Waals surface area contributed by atoms with Crippen molar-refractivity contribution in [1.29, 1.82) is 0 Å². The Labute approximate surface area is 108 Å². The molecule has 4 nitrogen and oxygen atoms in total. The first-order chi connectivity index (χ1) is 8.67. The van der Waals surface area contributed by atoms with Gasteiger partial charge in [0.2, 0.25) is 0 Å². The summed E-state index contributed by atoms with van der Waals surface area (Å²) in [5.41, 5.74) is 3.42. The van der Waals surface area contributed by atoms with Crippen LogP contribution >= 0.6 is 0 Å². The van der Waals surface area contributed by atoms with E-state index in [4.69, 9.17) is 4.74 Å². The molecular formula is C14H19N3O. The van der Waals surface area contributed by atoms with Gasteiger partial charge in [-0.05, 0) is 31.7 Å². The molecule has 1 unspecified atom stereocenters. The average Bonchev–Trinajstić information content (AvgIpc) is 2.78. The summed E-state index contributed by atoms with van der Waals surface area (Å²) in [4.78, 5) is 0. The van der Waals surface area contributed by atoms with E-state index in [0.29, 0.717) is 0 Å². The molecule has 0 bridgehead atoms. The van der Waals surface area contributed by atoms with E-state index in [0.717, 1.165) is 17.0 Å². The molecule has 0 aliphatic carbocycles. The molecule has 0 aliphatic heterocycles. The van der Waals surface area contributed by atoms with Crippen LogP contribution in [0.5, 0.6) is 5.75 Å². The van der Waals surface area contributed by atoms with Crippen LogP contribution in [-0.4, -0.2) is 23.9 Å². The van der Waals surface area contributed by atoms with Crippen molar-refractivity contribution in [2.45, 2.75) is 13.0 Å². The van der Waals surface area contributed by atoms with Gasteiger partial charge in [0.15, 0.2) is 0 Å². The molecule has 4 heteroatoms. The molecule has 1 aromatic heterocycles. The summed E-state index contributed by atoms with van der Waals surface area (Å²) in [5, 5.41) is 7.53. The number of aryl methyl sites for hydroxylation is 2. The molecule has 0 amide bonds. The van der Waals surface area contributed by atoms with Gasteiger partial charge in [0, 0.05) is 18.8 Å². The number of benzene rings is 1. The topological polar surface area (TPSA) is 39.1 Å². The maximum absolute atomic E-state index is 5.48. The highest BCUT2D eigenvalue weighted by atomic mass is 16.5. The third kappa shape index (κ3) is 2.24. The number of nitrogens with one attached hydrogen (secondary N) is 1. The fraction of sp³-hybridized carbons (Fsp3) is 0.357. The lowest BCUT2D eigenvalue weighted by atomic mass is 10.0. The van der Waals surface area contributed by atoms with Gasteiger partial charge >= 0.3 is 0 Å². The van der Waals surface area contributed by atoms with Crippen molar-refractivity contribution in [2.75, 3.05) is 14.2 Å². The molecule has 0 saturated carbocycles. The molecule has 0 spiro atoms. The number of rotatable bonds is 4. The second kappa shape index (κ2) is 5.23. The third-order valence-corrected chi connectivity index (χ3v) is 3.14. The van der Waals surface area contributed by atoms with Gasteiger partial charge in [-0.3, -0.25) is 4.68 Å². The molecule has 0 fully saturated rings. The molecule has 96 valence electrons. The Morgan fingerprint density at radius 2 is 2.11 bits per heavy atom. The highest BCUT2D eigenvalue weighted by molar-refractivity contribution is 5.42. The lowest BCUT2D eigenvalue weighted by molar-refractivity contribution is 0.404. The van der Waals surface area contributed by atoms with Crippen molar-refractivity contribution < 1.29 is 4.74 Å². The van der Waals surface area contributed by atoms with E-state index in [-0.39, 0.29) is 6.04 Å². The SMILES string of the molecule is CNC(c1ccc(C)cc1OC)c1ccnn1C. The molecule has 2 aromatic rings. The third-order valence-electron chi connectivity index (χ3n) is 3.14. The van der Waals surface area contributed by atoms with Gasteiger partial charge in [-0.25, -0.2) is 0 Å². The lowest BCUT2D eigenvalue weighted by Gasteiger charge is -2.20.